The second-order valence-corrected chi connectivity index (χ2v) is 8.06. The highest BCUT2D eigenvalue weighted by molar-refractivity contribution is 6.35. The number of rotatable bonds is 7. The number of H-pyrrole nitrogens is 1. The van der Waals surface area contributed by atoms with E-state index in [2.05, 4.69) is 18.0 Å². The summed E-state index contributed by atoms with van der Waals surface area (Å²) in [6.07, 6.45) is 3.26. The number of para-hydroxylation sites is 1. The predicted molar refractivity (Wildman–Crippen MR) is 123 cm³/mol. The van der Waals surface area contributed by atoms with E-state index >= 15 is 0 Å². The molecule has 4 heteroatoms. The number of carbonyl (C=O) groups excluding carboxylic acids is 1. The highest BCUT2D eigenvalue weighted by Crippen LogP contribution is 2.29. The third kappa shape index (κ3) is 4.27. The van der Waals surface area contributed by atoms with Gasteiger partial charge in [-0.2, -0.15) is 0 Å². The Morgan fingerprint density at radius 3 is 2.50 bits per heavy atom. The van der Waals surface area contributed by atoms with Crippen LogP contribution in [0.25, 0.3) is 22.0 Å². The molecule has 0 aliphatic rings. The van der Waals surface area contributed by atoms with E-state index in [1.54, 1.807) is 12.1 Å². The van der Waals surface area contributed by atoms with Crippen LogP contribution in [0.4, 0.5) is 0 Å². The first-order chi connectivity index (χ1) is 14.5. The fraction of sp³-hybridized carbons (Fsp3) is 0.192. The SMILES string of the molecule is Cc1[nH]c2c(Cl)cccc2c1CCCCC(=O)c1ccc(-c2cccc(O)c2)cc1. The standard InChI is InChI=1S/C26H24ClNO2/c1-17-22(23-9-5-10-24(27)26(23)28-17)8-2-3-11-25(30)19-14-12-18(13-15-19)20-6-4-7-21(29)16-20/h4-7,9-10,12-16,28-29H,2-3,8,11H2,1H3. The van der Waals surface area contributed by atoms with Crippen LogP contribution in [0, 0.1) is 6.92 Å². The van der Waals surface area contributed by atoms with Crippen molar-refractivity contribution in [2.75, 3.05) is 0 Å². The zero-order chi connectivity index (χ0) is 21.1. The van der Waals surface area contributed by atoms with Crippen LogP contribution in [-0.4, -0.2) is 15.9 Å². The minimum absolute atomic E-state index is 0.163. The molecule has 0 unspecified atom stereocenters. The van der Waals surface area contributed by atoms with E-state index in [4.69, 9.17) is 11.6 Å². The van der Waals surface area contributed by atoms with E-state index < -0.39 is 0 Å². The second kappa shape index (κ2) is 8.76. The van der Waals surface area contributed by atoms with Gasteiger partial charge in [-0.05, 0) is 61.1 Å². The number of aromatic hydroxyl groups is 1. The molecule has 3 nitrogen and oxygen atoms in total. The van der Waals surface area contributed by atoms with Crippen LogP contribution < -0.4 is 0 Å². The smallest absolute Gasteiger partial charge is 0.162 e. The summed E-state index contributed by atoms with van der Waals surface area (Å²) in [6.45, 7) is 2.07. The van der Waals surface area contributed by atoms with Crippen LogP contribution in [0.2, 0.25) is 5.02 Å². The average molecular weight is 418 g/mol. The normalized spacial score (nSPS) is 11.1. The third-order valence-corrected chi connectivity index (χ3v) is 5.89. The summed E-state index contributed by atoms with van der Waals surface area (Å²) in [4.78, 5) is 15.9. The minimum atomic E-state index is 0.163. The fourth-order valence-corrected chi connectivity index (χ4v) is 4.18. The summed E-state index contributed by atoms with van der Waals surface area (Å²) >= 11 is 6.28. The van der Waals surface area contributed by atoms with Crippen molar-refractivity contribution in [2.24, 2.45) is 0 Å². The van der Waals surface area contributed by atoms with Gasteiger partial charge in [0, 0.05) is 23.1 Å². The molecule has 4 aromatic rings. The van der Waals surface area contributed by atoms with Crippen molar-refractivity contribution in [1.29, 1.82) is 0 Å². The molecule has 0 radical (unpaired) electrons. The summed E-state index contributed by atoms with van der Waals surface area (Å²) in [6, 6.07) is 20.7. The molecule has 4 rings (SSSR count). The Labute approximate surface area is 181 Å². The predicted octanol–water partition coefficient (Wildman–Crippen LogP) is 7.10. The summed E-state index contributed by atoms with van der Waals surface area (Å²) in [5.41, 5.74) is 6.07. The van der Waals surface area contributed by atoms with Crippen LogP contribution in [0.3, 0.4) is 0 Å². The van der Waals surface area contributed by atoms with Crippen molar-refractivity contribution in [1.82, 2.24) is 4.98 Å². The van der Waals surface area contributed by atoms with Gasteiger partial charge in [0.2, 0.25) is 0 Å². The molecule has 0 spiro atoms. The number of carbonyl (C=O) groups is 1. The quantitative estimate of drug-likeness (QED) is 0.249. The number of aryl methyl sites for hydroxylation is 2. The molecule has 1 heterocycles. The highest BCUT2D eigenvalue weighted by Gasteiger charge is 2.11. The summed E-state index contributed by atoms with van der Waals surface area (Å²) < 4.78 is 0. The van der Waals surface area contributed by atoms with Crippen LogP contribution >= 0.6 is 11.6 Å². The molecule has 0 aliphatic carbocycles. The lowest BCUT2D eigenvalue weighted by molar-refractivity contribution is 0.0979. The van der Waals surface area contributed by atoms with Crippen LogP contribution in [0.5, 0.6) is 5.75 Å². The molecule has 0 bridgehead atoms. The molecule has 0 atom stereocenters. The van der Waals surface area contributed by atoms with E-state index in [1.807, 2.05) is 48.5 Å². The average Bonchev–Trinajstić information content (AvgIpc) is 3.08. The number of ketones is 1. The fourth-order valence-electron chi connectivity index (χ4n) is 3.96. The van der Waals surface area contributed by atoms with Crippen molar-refractivity contribution >= 4 is 28.3 Å². The third-order valence-electron chi connectivity index (χ3n) is 5.57. The number of halogens is 1. The van der Waals surface area contributed by atoms with Gasteiger partial charge in [-0.1, -0.05) is 60.1 Å². The number of benzene rings is 3. The lowest BCUT2D eigenvalue weighted by Crippen LogP contribution is -1.99. The van der Waals surface area contributed by atoms with E-state index in [1.165, 1.54) is 10.9 Å². The topological polar surface area (TPSA) is 53.1 Å². The van der Waals surface area contributed by atoms with Crippen molar-refractivity contribution in [3.8, 4) is 16.9 Å². The molecule has 3 aromatic carbocycles. The number of nitrogens with one attached hydrogen (secondary N) is 1. The molecular weight excluding hydrogens is 394 g/mol. The molecule has 1 aromatic heterocycles. The van der Waals surface area contributed by atoms with E-state index in [0.29, 0.717) is 6.42 Å². The lowest BCUT2D eigenvalue weighted by atomic mass is 9.99. The largest absolute Gasteiger partial charge is 0.508 e. The number of aromatic nitrogens is 1. The first kappa shape index (κ1) is 20.2. The maximum absolute atomic E-state index is 12.6. The zero-order valence-corrected chi connectivity index (χ0v) is 17.7. The molecule has 0 saturated carbocycles. The van der Waals surface area contributed by atoms with E-state index in [0.717, 1.165) is 52.2 Å². The van der Waals surface area contributed by atoms with Gasteiger partial charge in [0.1, 0.15) is 5.75 Å². The van der Waals surface area contributed by atoms with Gasteiger partial charge >= 0.3 is 0 Å². The number of fused-ring (bicyclic) bond motifs is 1. The van der Waals surface area contributed by atoms with Gasteiger partial charge in [0.05, 0.1) is 10.5 Å². The van der Waals surface area contributed by atoms with Crippen molar-refractivity contribution in [2.45, 2.75) is 32.6 Å². The van der Waals surface area contributed by atoms with Crippen molar-refractivity contribution in [3.63, 3.8) is 0 Å². The zero-order valence-electron chi connectivity index (χ0n) is 16.9. The second-order valence-electron chi connectivity index (χ2n) is 7.65. The Hall–Kier alpha value is -3.04. The molecule has 0 saturated heterocycles. The Morgan fingerprint density at radius 2 is 1.73 bits per heavy atom. The van der Waals surface area contributed by atoms with Gasteiger partial charge in [-0.25, -0.2) is 0 Å². The first-order valence-electron chi connectivity index (χ1n) is 10.2. The number of unbranched alkanes of at least 4 members (excludes halogenated alkanes) is 1. The number of phenolic OH excluding ortho intramolecular Hbond substituents is 1. The molecule has 152 valence electrons. The van der Waals surface area contributed by atoms with Gasteiger partial charge in [0.25, 0.3) is 0 Å². The minimum Gasteiger partial charge on any atom is -0.508 e. The van der Waals surface area contributed by atoms with Gasteiger partial charge in [-0.15, -0.1) is 0 Å². The maximum atomic E-state index is 12.6. The Kier molecular flexibility index (Phi) is 5.91. The molecule has 0 amide bonds. The highest BCUT2D eigenvalue weighted by atomic mass is 35.5. The number of hydrogen-bond acceptors (Lipinski definition) is 2. The van der Waals surface area contributed by atoms with E-state index in [-0.39, 0.29) is 11.5 Å². The Morgan fingerprint density at radius 1 is 0.967 bits per heavy atom. The van der Waals surface area contributed by atoms with Gasteiger partial charge < -0.3 is 10.1 Å². The molecule has 0 aliphatic heterocycles. The van der Waals surface area contributed by atoms with Gasteiger partial charge in [-0.3, -0.25) is 4.79 Å². The Bertz CT molecular complexity index is 1190. The van der Waals surface area contributed by atoms with Crippen LogP contribution in [0.15, 0.2) is 66.7 Å². The van der Waals surface area contributed by atoms with Gasteiger partial charge in [0.15, 0.2) is 5.78 Å². The van der Waals surface area contributed by atoms with Crippen molar-refractivity contribution in [3.05, 3.63) is 88.6 Å². The molecular formula is C26H24ClNO2. The summed E-state index contributed by atoms with van der Waals surface area (Å²) in [5, 5.41) is 11.5. The Balaban J connectivity index is 1.34. The number of hydrogen-bond donors (Lipinski definition) is 2. The number of phenols is 1. The lowest BCUT2D eigenvalue weighted by Gasteiger charge is -2.06. The maximum Gasteiger partial charge on any atom is 0.162 e. The van der Waals surface area contributed by atoms with Crippen LogP contribution in [-0.2, 0) is 6.42 Å². The van der Waals surface area contributed by atoms with Crippen molar-refractivity contribution < 1.29 is 9.90 Å². The number of aromatic amines is 1. The molecule has 30 heavy (non-hydrogen) atoms. The number of Topliss-reactive ketones (excluding diaryl/α,β-unsaturated/α-hetero) is 1. The van der Waals surface area contributed by atoms with Crippen LogP contribution in [0.1, 0.15) is 40.9 Å². The monoisotopic (exact) mass is 417 g/mol. The first-order valence-corrected chi connectivity index (χ1v) is 10.6. The van der Waals surface area contributed by atoms with E-state index in [9.17, 15) is 9.90 Å². The molecule has 2 N–H and O–H groups in total. The molecule has 0 fully saturated rings. The summed E-state index contributed by atoms with van der Waals surface area (Å²) in [7, 11) is 0. The summed E-state index contributed by atoms with van der Waals surface area (Å²) in [5.74, 6) is 0.400.